The van der Waals surface area contributed by atoms with E-state index >= 15 is 0 Å². The molecule has 0 aliphatic heterocycles. The minimum atomic E-state index is -3.92. The predicted molar refractivity (Wildman–Crippen MR) is 75.3 cm³/mol. The maximum Gasteiger partial charge on any atom is 0.283 e. The van der Waals surface area contributed by atoms with Gasteiger partial charge in [-0.1, -0.05) is 6.07 Å². The minimum absolute atomic E-state index is 0.0577. The summed E-state index contributed by atoms with van der Waals surface area (Å²) < 4.78 is 39.5. The molecule has 2 N–H and O–H groups in total. The molecule has 0 aliphatic rings. The number of aromatic nitrogens is 1. The average Bonchev–Trinajstić information content (AvgIpc) is 2.39. The lowest BCUT2D eigenvalue weighted by molar-refractivity contribution is 0.588. The fourth-order valence-electron chi connectivity index (χ4n) is 1.85. The van der Waals surface area contributed by atoms with Gasteiger partial charge in [0.25, 0.3) is 10.0 Å². The third-order valence-corrected chi connectivity index (χ3v) is 4.60. The number of benzene rings is 1. The van der Waals surface area contributed by atoms with Crippen molar-refractivity contribution in [3.63, 3.8) is 0 Å². The van der Waals surface area contributed by atoms with E-state index in [4.69, 9.17) is 5.73 Å². The van der Waals surface area contributed by atoms with Crippen LogP contribution in [-0.2, 0) is 10.0 Å². The minimum Gasteiger partial charge on any atom is -0.396 e. The number of hydrogen-bond donors (Lipinski definition) is 1. The summed E-state index contributed by atoms with van der Waals surface area (Å²) in [7, 11) is -3.92. The standard InChI is InChI=1S/C13H14FN3O2S/c1-2-17(11-6-3-5-10(14)9-11)20(18,19)13-12(15)7-4-8-16-13/h3-9H,2,15H2,1H3. The van der Waals surface area contributed by atoms with E-state index in [9.17, 15) is 12.8 Å². The van der Waals surface area contributed by atoms with Gasteiger partial charge in [-0.3, -0.25) is 4.31 Å². The lowest BCUT2D eigenvalue weighted by Crippen LogP contribution is -2.32. The molecule has 0 bridgehead atoms. The van der Waals surface area contributed by atoms with Gasteiger partial charge in [0.15, 0.2) is 5.03 Å². The summed E-state index contributed by atoms with van der Waals surface area (Å²) in [5.41, 5.74) is 5.96. The number of anilines is 2. The molecular weight excluding hydrogens is 281 g/mol. The van der Waals surface area contributed by atoms with E-state index in [0.29, 0.717) is 0 Å². The first-order valence-electron chi connectivity index (χ1n) is 5.95. The summed E-state index contributed by atoms with van der Waals surface area (Å²) in [5, 5.41) is -0.230. The number of hydrogen-bond acceptors (Lipinski definition) is 4. The Hall–Kier alpha value is -2.15. The molecule has 0 saturated heterocycles. The molecule has 0 saturated carbocycles. The highest BCUT2D eigenvalue weighted by atomic mass is 32.2. The van der Waals surface area contributed by atoms with Crippen LogP contribution in [0.25, 0.3) is 0 Å². The highest BCUT2D eigenvalue weighted by molar-refractivity contribution is 7.92. The molecule has 1 aromatic carbocycles. The first-order chi connectivity index (χ1) is 9.46. The maximum absolute atomic E-state index is 13.3. The van der Waals surface area contributed by atoms with E-state index in [1.54, 1.807) is 13.0 Å². The van der Waals surface area contributed by atoms with Gasteiger partial charge in [-0.15, -0.1) is 0 Å². The summed E-state index contributed by atoms with van der Waals surface area (Å²) in [6.07, 6.45) is 1.35. The number of halogens is 1. The van der Waals surface area contributed by atoms with Crippen molar-refractivity contribution in [3.8, 4) is 0 Å². The zero-order chi connectivity index (χ0) is 14.8. The van der Waals surface area contributed by atoms with Gasteiger partial charge in [0.05, 0.1) is 11.4 Å². The molecule has 0 fully saturated rings. The molecular formula is C13H14FN3O2S. The second-order valence-corrected chi connectivity index (χ2v) is 5.83. The molecule has 2 rings (SSSR count). The van der Waals surface area contributed by atoms with Crippen molar-refractivity contribution in [2.75, 3.05) is 16.6 Å². The van der Waals surface area contributed by atoms with Gasteiger partial charge in [-0.25, -0.2) is 9.37 Å². The fourth-order valence-corrected chi connectivity index (χ4v) is 3.35. The van der Waals surface area contributed by atoms with E-state index in [1.807, 2.05) is 0 Å². The highest BCUT2D eigenvalue weighted by Crippen LogP contribution is 2.25. The molecule has 106 valence electrons. The molecule has 1 heterocycles. The third-order valence-electron chi connectivity index (χ3n) is 2.72. The highest BCUT2D eigenvalue weighted by Gasteiger charge is 2.27. The molecule has 0 aliphatic carbocycles. The number of sulfonamides is 1. The third kappa shape index (κ3) is 2.57. The first kappa shape index (κ1) is 14.3. The Morgan fingerprint density at radius 2 is 2.05 bits per heavy atom. The normalized spacial score (nSPS) is 11.3. The summed E-state index contributed by atoms with van der Waals surface area (Å²) in [6, 6.07) is 8.37. The van der Waals surface area contributed by atoms with Crippen LogP contribution in [0.5, 0.6) is 0 Å². The molecule has 7 heteroatoms. The number of nitrogens with zero attached hydrogens (tertiary/aromatic N) is 2. The van der Waals surface area contributed by atoms with Crippen molar-refractivity contribution < 1.29 is 12.8 Å². The van der Waals surface area contributed by atoms with Crippen molar-refractivity contribution in [2.24, 2.45) is 0 Å². The summed E-state index contributed by atoms with van der Waals surface area (Å²) in [5.74, 6) is -0.509. The molecule has 0 atom stereocenters. The van der Waals surface area contributed by atoms with Crippen LogP contribution >= 0.6 is 0 Å². The molecule has 0 radical (unpaired) electrons. The second kappa shape index (κ2) is 5.46. The largest absolute Gasteiger partial charge is 0.396 e. The van der Waals surface area contributed by atoms with Crippen LogP contribution in [0.4, 0.5) is 15.8 Å². The first-order valence-corrected chi connectivity index (χ1v) is 7.39. The fraction of sp³-hybridized carbons (Fsp3) is 0.154. The number of pyridine rings is 1. The molecule has 2 aromatic rings. The van der Waals surface area contributed by atoms with Gasteiger partial charge in [0.1, 0.15) is 5.82 Å². The number of nitrogens with two attached hydrogens (primary N) is 1. The van der Waals surface area contributed by atoms with Crippen LogP contribution in [-0.4, -0.2) is 19.9 Å². The van der Waals surface area contributed by atoms with E-state index in [1.165, 1.54) is 30.5 Å². The Balaban J connectivity index is 2.54. The Morgan fingerprint density at radius 1 is 1.30 bits per heavy atom. The van der Waals surface area contributed by atoms with Crippen LogP contribution < -0.4 is 10.0 Å². The lowest BCUT2D eigenvalue weighted by Gasteiger charge is -2.22. The molecule has 1 aromatic heterocycles. The van der Waals surface area contributed by atoms with Gasteiger partial charge >= 0.3 is 0 Å². The van der Waals surface area contributed by atoms with Gasteiger partial charge < -0.3 is 5.73 Å². The smallest absolute Gasteiger partial charge is 0.283 e. The van der Waals surface area contributed by atoms with Crippen LogP contribution in [0.2, 0.25) is 0 Å². The molecule has 20 heavy (non-hydrogen) atoms. The van der Waals surface area contributed by atoms with Crippen molar-refractivity contribution in [1.29, 1.82) is 0 Å². The lowest BCUT2D eigenvalue weighted by atomic mass is 10.3. The molecule has 0 unspecified atom stereocenters. The molecule has 0 amide bonds. The second-order valence-electron chi connectivity index (χ2n) is 4.05. The number of rotatable bonds is 4. The van der Waals surface area contributed by atoms with Crippen LogP contribution in [0, 0.1) is 5.82 Å². The zero-order valence-corrected chi connectivity index (χ0v) is 11.6. The number of nitrogen functional groups attached to an aromatic ring is 1. The Morgan fingerprint density at radius 3 is 2.65 bits per heavy atom. The van der Waals surface area contributed by atoms with Gasteiger partial charge in [0, 0.05) is 12.7 Å². The quantitative estimate of drug-likeness (QED) is 0.936. The van der Waals surface area contributed by atoms with Crippen molar-refractivity contribution in [2.45, 2.75) is 11.9 Å². The van der Waals surface area contributed by atoms with Gasteiger partial charge in [-0.05, 0) is 37.3 Å². The Bertz CT molecular complexity index is 719. The van der Waals surface area contributed by atoms with Gasteiger partial charge in [-0.2, -0.15) is 8.42 Å². The van der Waals surface area contributed by atoms with E-state index in [0.717, 1.165) is 10.4 Å². The predicted octanol–water partition coefficient (Wildman–Crippen LogP) is 2.02. The van der Waals surface area contributed by atoms with E-state index in [-0.39, 0.29) is 22.9 Å². The van der Waals surface area contributed by atoms with E-state index < -0.39 is 15.8 Å². The summed E-state index contributed by atoms with van der Waals surface area (Å²) in [6.45, 7) is 1.80. The van der Waals surface area contributed by atoms with Crippen LogP contribution in [0.15, 0.2) is 47.6 Å². The monoisotopic (exact) mass is 295 g/mol. The van der Waals surface area contributed by atoms with Crippen LogP contribution in [0.3, 0.4) is 0 Å². The molecule has 5 nitrogen and oxygen atoms in total. The summed E-state index contributed by atoms with van der Waals surface area (Å²) >= 11 is 0. The average molecular weight is 295 g/mol. The Labute approximate surface area is 116 Å². The maximum atomic E-state index is 13.3. The zero-order valence-electron chi connectivity index (χ0n) is 10.8. The van der Waals surface area contributed by atoms with E-state index in [2.05, 4.69) is 4.98 Å². The SMILES string of the molecule is CCN(c1cccc(F)c1)S(=O)(=O)c1ncccc1N. The molecule has 0 spiro atoms. The summed E-state index contributed by atoms with van der Waals surface area (Å²) in [4.78, 5) is 3.82. The van der Waals surface area contributed by atoms with Crippen molar-refractivity contribution in [1.82, 2.24) is 4.98 Å². The Kier molecular flexibility index (Phi) is 3.89. The van der Waals surface area contributed by atoms with Crippen molar-refractivity contribution >= 4 is 21.4 Å². The van der Waals surface area contributed by atoms with Gasteiger partial charge in [0.2, 0.25) is 0 Å². The van der Waals surface area contributed by atoms with Crippen LogP contribution in [0.1, 0.15) is 6.92 Å². The van der Waals surface area contributed by atoms with Crippen molar-refractivity contribution in [3.05, 3.63) is 48.4 Å². The topological polar surface area (TPSA) is 76.3 Å².